The maximum Gasteiger partial charge on any atom is 0.160 e. The molecule has 1 atom stereocenters. The Balaban J connectivity index is 1.75. The molecule has 4 bridgehead atoms. The van der Waals surface area contributed by atoms with Gasteiger partial charge >= 0.3 is 0 Å². The van der Waals surface area contributed by atoms with Crippen molar-refractivity contribution in [3.05, 3.63) is 0 Å². The molecule has 0 heterocycles. The Morgan fingerprint density at radius 1 is 1.00 bits per heavy atom. The van der Waals surface area contributed by atoms with E-state index >= 15 is 0 Å². The highest BCUT2D eigenvalue weighted by Crippen LogP contribution is 2.57. The summed E-state index contributed by atoms with van der Waals surface area (Å²) in [5.74, 6) is 4.56. The first-order chi connectivity index (χ1) is 7.81. The van der Waals surface area contributed by atoms with Gasteiger partial charge in [-0.2, -0.15) is 0 Å². The van der Waals surface area contributed by atoms with Gasteiger partial charge < -0.3 is 9.47 Å². The van der Waals surface area contributed by atoms with Crippen LogP contribution in [0.1, 0.15) is 39.0 Å². The first kappa shape index (κ1) is 11.0. The highest BCUT2D eigenvalue weighted by atomic mass is 16.7. The molecule has 0 aliphatic heterocycles. The molecular formula is C14H24O2. The summed E-state index contributed by atoms with van der Waals surface area (Å²) < 4.78 is 11.4. The zero-order valence-corrected chi connectivity index (χ0v) is 10.5. The molecule has 4 aliphatic rings. The normalized spacial score (nSPS) is 47.2. The second kappa shape index (κ2) is 4.30. The van der Waals surface area contributed by atoms with E-state index in [1.165, 1.54) is 32.1 Å². The van der Waals surface area contributed by atoms with Gasteiger partial charge in [0.2, 0.25) is 0 Å². The van der Waals surface area contributed by atoms with Gasteiger partial charge in [0.15, 0.2) is 6.29 Å². The Kier molecular flexibility index (Phi) is 2.97. The molecule has 2 nitrogen and oxygen atoms in total. The minimum Gasteiger partial charge on any atom is -0.356 e. The fourth-order valence-electron chi connectivity index (χ4n) is 4.91. The summed E-state index contributed by atoms with van der Waals surface area (Å²) in [5, 5.41) is 0. The van der Waals surface area contributed by atoms with Gasteiger partial charge in [-0.3, -0.25) is 0 Å². The van der Waals surface area contributed by atoms with Crippen LogP contribution >= 0.6 is 0 Å². The van der Waals surface area contributed by atoms with E-state index in [9.17, 15) is 0 Å². The van der Waals surface area contributed by atoms with Crippen LogP contribution in [-0.4, -0.2) is 20.0 Å². The summed E-state index contributed by atoms with van der Waals surface area (Å²) >= 11 is 0. The van der Waals surface area contributed by atoms with E-state index < -0.39 is 0 Å². The van der Waals surface area contributed by atoms with E-state index in [0.717, 1.165) is 30.3 Å². The first-order valence-corrected chi connectivity index (χ1v) is 6.96. The number of ether oxygens (including phenoxy) is 2. The second-order valence-electron chi connectivity index (χ2n) is 6.07. The maximum absolute atomic E-state index is 5.79. The third kappa shape index (κ3) is 1.70. The molecule has 0 aromatic heterocycles. The molecule has 16 heavy (non-hydrogen) atoms. The molecule has 4 rings (SSSR count). The number of hydrogen-bond acceptors (Lipinski definition) is 2. The average Bonchev–Trinajstić information content (AvgIpc) is 2.26. The summed E-state index contributed by atoms with van der Waals surface area (Å²) in [5.41, 5.74) is 0. The summed E-state index contributed by atoms with van der Waals surface area (Å²) in [6, 6.07) is 0. The molecule has 4 saturated carbocycles. The van der Waals surface area contributed by atoms with Gasteiger partial charge in [0.05, 0.1) is 0 Å². The van der Waals surface area contributed by atoms with Crippen molar-refractivity contribution in [1.29, 1.82) is 0 Å². The highest BCUT2D eigenvalue weighted by Gasteiger charge is 2.51. The van der Waals surface area contributed by atoms with Crippen molar-refractivity contribution in [3.8, 4) is 0 Å². The van der Waals surface area contributed by atoms with Gasteiger partial charge in [-0.15, -0.1) is 0 Å². The lowest BCUT2D eigenvalue weighted by Crippen LogP contribution is -2.50. The van der Waals surface area contributed by atoms with Crippen LogP contribution in [0.5, 0.6) is 0 Å². The molecule has 0 N–H and O–H groups in total. The zero-order chi connectivity index (χ0) is 11.1. The van der Waals surface area contributed by atoms with Crippen molar-refractivity contribution < 1.29 is 9.47 Å². The van der Waals surface area contributed by atoms with E-state index in [4.69, 9.17) is 9.47 Å². The molecule has 0 radical (unpaired) electrons. The predicted octanol–water partition coefficient (Wildman–Crippen LogP) is 3.07. The van der Waals surface area contributed by atoms with Crippen LogP contribution in [0, 0.1) is 29.6 Å². The Hall–Kier alpha value is -0.0800. The maximum atomic E-state index is 5.79. The molecule has 0 amide bonds. The molecule has 0 aromatic rings. The molecule has 4 fully saturated rings. The van der Waals surface area contributed by atoms with Crippen molar-refractivity contribution in [3.63, 3.8) is 0 Å². The van der Waals surface area contributed by atoms with E-state index in [2.05, 4.69) is 6.92 Å². The monoisotopic (exact) mass is 224 g/mol. The van der Waals surface area contributed by atoms with Crippen LogP contribution in [0.25, 0.3) is 0 Å². The average molecular weight is 224 g/mol. The molecule has 0 saturated heterocycles. The SMILES string of the molecule is CCOC(OC)C1C2CC3CC(C2)CC1C3. The fourth-order valence-corrected chi connectivity index (χ4v) is 4.91. The van der Waals surface area contributed by atoms with Gasteiger partial charge in [-0.25, -0.2) is 0 Å². The molecule has 92 valence electrons. The lowest BCUT2D eigenvalue weighted by molar-refractivity contribution is -0.209. The van der Waals surface area contributed by atoms with Crippen molar-refractivity contribution >= 4 is 0 Å². The Morgan fingerprint density at radius 2 is 1.56 bits per heavy atom. The predicted molar refractivity (Wildman–Crippen MR) is 63.0 cm³/mol. The standard InChI is InChI=1S/C14H24O2/c1-3-16-14(15-2)13-11-5-9-4-10(7-11)8-12(13)6-9/h9-14H,3-8H2,1-2H3. The fraction of sp³-hybridized carbons (Fsp3) is 1.00. The third-order valence-corrected chi connectivity index (χ3v) is 5.18. The van der Waals surface area contributed by atoms with Crippen LogP contribution in [0.3, 0.4) is 0 Å². The van der Waals surface area contributed by atoms with Gasteiger partial charge in [-0.1, -0.05) is 0 Å². The molecular weight excluding hydrogens is 200 g/mol. The quantitative estimate of drug-likeness (QED) is 0.683. The molecule has 0 aromatic carbocycles. The van der Waals surface area contributed by atoms with Gasteiger partial charge in [-0.05, 0) is 62.7 Å². The van der Waals surface area contributed by atoms with Gasteiger partial charge in [0.25, 0.3) is 0 Å². The van der Waals surface area contributed by atoms with Crippen molar-refractivity contribution in [2.45, 2.75) is 45.3 Å². The summed E-state index contributed by atoms with van der Waals surface area (Å²) in [6.45, 7) is 2.85. The molecule has 1 unspecified atom stereocenters. The van der Waals surface area contributed by atoms with Crippen LogP contribution in [0.2, 0.25) is 0 Å². The molecule has 0 spiro atoms. The summed E-state index contributed by atoms with van der Waals surface area (Å²) in [6.07, 6.45) is 7.39. The second-order valence-corrected chi connectivity index (χ2v) is 6.07. The number of rotatable bonds is 4. The first-order valence-electron chi connectivity index (χ1n) is 6.96. The highest BCUT2D eigenvalue weighted by molar-refractivity contribution is 4.99. The van der Waals surface area contributed by atoms with E-state index in [0.29, 0.717) is 5.92 Å². The van der Waals surface area contributed by atoms with Crippen molar-refractivity contribution in [1.82, 2.24) is 0 Å². The largest absolute Gasteiger partial charge is 0.356 e. The van der Waals surface area contributed by atoms with E-state index in [1.807, 2.05) is 7.11 Å². The van der Waals surface area contributed by atoms with E-state index in [1.54, 1.807) is 0 Å². The Labute approximate surface area is 98.7 Å². The van der Waals surface area contributed by atoms with Gasteiger partial charge in [0.1, 0.15) is 0 Å². The van der Waals surface area contributed by atoms with Crippen molar-refractivity contribution in [2.24, 2.45) is 29.6 Å². The smallest absolute Gasteiger partial charge is 0.160 e. The van der Waals surface area contributed by atoms with Crippen LogP contribution in [-0.2, 0) is 9.47 Å². The lowest BCUT2D eigenvalue weighted by atomic mass is 9.51. The topological polar surface area (TPSA) is 18.5 Å². The van der Waals surface area contributed by atoms with Crippen LogP contribution in [0.4, 0.5) is 0 Å². The Bertz CT molecular complexity index is 220. The molecule has 4 aliphatic carbocycles. The third-order valence-electron chi connectivity index (χ3n) is 5.18. The Morgan fingerprint density at radius 3 is 2.00 bits per heavy atom. The van der Waals surface area contributed by atoms with Crippen LogP contribution in [0.15, 0.2) is 0 Å². The number of hydrogen-bond donors (Lipinski definition) is 0. The van der Waals surface area contributed by atoms with Crippen LogP contribution < -0.4 is 0 Å². The summed E-state index contributed by atoms with van der Waals surface area (Å²) in [7, 11) is 1.81. The summed E-state index contributed by atoms with van der Waals surface area (Å²) in [4.78, 5) is 0. The van der Waals surface area contributed by atoms with E-state index in [-0.39, 0.29) is 6.29 Å². The van der Waals surface area contributed by atoms with Crippen molar-refractivity contribution in [2.75, 3.05) is 13.7 Å². The van der Waals surface area contributed by atoms with Gasteiger partial charge in [0, 0.05) is 19.6 Å². The minimum absolute atomic E-state index is 0.0694. The zero-order valence-electron chi connectivity index (χ0n) is 10.5. The lowest BCUT2D eigenvalue weighted by Gasteiger charge is -2.55. The molecule has 2 heteroatoms. The minimum atomic E-state index is 0.0694. The number of methoxy groups -OCH3 is 1.